The van der Waals surface area contributed by atoms with E-state index in [4.69, 9.17) is 17.3 Å². The van der Waals surface area contributed by atoms with Crippen molar-refractivity contribution in [2.24, 2.45) is 5.73 Å². The molecule has 2 amide bonds. The zero-order valence-electron chi connectivity index (χ0n) is 20.0. The Labute approximate surface area is 215 Å². The number of rotatable bonds is 9. The molecule has 35 heavy (non-hydrogen) atoms. The Bertz CT molecular complexity index is 1150. The highest BCUT2D eigenvalue weighted by Crippen LogP contribution is 2.25. The Balaban J connectivity index is 1.40. The Hall–Kier alpha value is -2.45. The quantitative estimate of drug-likeness (QED) is 0.397. The lowest BCUT2D eigenvalue weighted by Gasteiger charge is -2.28. The van der Waals surface area contributed by atoms with Crippen LogP contribution < -0.4 is 16.4 Å². The second kappa shape index (κ2) is 12.0. The fourth-order valence-electron chi connectivity index (χ4n) is 4.72. The summed E-state index contributed by atoms with van der Waals surface area (Å²) in [6, 6.07) is 13.0. The molecule has 2 aromatic carbocycles. The molecule has 0 spiro atoms. The lowest BCUT2D eigenvalue weighted by atomic mass is 9.98. The summed E-state index contributed by atoms with van der Waals surface area (Å²) in [4.78, 5) is 28.2. The third-order valence-electron chi connectivity index (χ3n) is 6.77. The minimum atomic E-state index is -0.338. The maximum atomic E-state index is 13.3. The van der Waals surface area contributed by atoms with Gasteiger partial charge in [-0.3, -0.25) is 9.59 Å². The number of amides is 2. The predicted molar refractivity (Wildman–Crippen MR) is 144 cm³/mol. The van der Waals surface area contributed by atoms with Gasteiger partial charge in [0.05, 0.1) is 6.04 Å². The molecule has 0 radical (unpaired) electrons. The molecule has 186 valence electrons. The average molecular weight is 513 g/mol. The summed E-state index contributed by atoms with van der Waals surface area (Å²) in [5.74, 6) is 0.295. The number of nitrogens with one attached hydrogen (secondary N) is 2. The van der Waals surface area contributed by atoms with Gasteiger partial charge < -0.3 is 21.3 Å². The van der Waals surface area contributed by atoms with Crippen LogP contribution >= 0.6 is 22.9 Å². The number of nitrogens with two attached hydrogens (primary N) is 1. The number of nitrogens with zero attached hydrogens (tertiary/aromatic N) is 1. The van der Waals surface area contributed by atoms with Crippen LogP contribution in [0.15, 0.2) is 53.2 Å². The molecule has 8 heteroatoms. The van der Waals surface area contributed by atoms with E-state index >= 15 is 0 Å². The van der Waals surface area contributed by atoms with E-state index in [-0.39, 0.29) is 23.9 Å². The van der Waals surface area contributed by atoms with Crippen molar-refractivity contribution in [2.75, 3.05) is 26.2 Å². The van der Waals surface area contributed by atoms with E-state index < -0.39 is 0 Å². The number of carbonyl (C=O) groups excluding carboxylic acids is 2. The number of thiophene rings is 1. The van der Waals surface area contributed by atoms with E-state index in [2.05, 4.69) is 34.4 Å². The summed E-state index contributed by atoms with van der Waals surface area (Å²) in [5, 5.41) is 13.4. The first kappa shape index (κ1) is 25.6. The first-order chi connectivity index (χ1) is 17.0. The van der Waals surface area contributed by atoms with Gasteiger partial charge in [-0.1, -0.05) is 30.7 Å². The first-order valence-corrected chi connectivity index (χ1v) is 13.5. The van der Waals surface area contributed by atoms with Crippen molar-refractivity contribution in [1.82, 2.24) is 15.5 Å². The molecule has 0 saturated carbocycles. The topological polar surface area (TPSA) is 87.5 Å². The van der Waals surface area contributed by atoms with Crippen molar-refractivity contribution in [1.29, 1.82) is 0 Å². The normalized spacial score (nSPS) is 19.5. The molecular weight excluding hydrogens is 480 g/mol. The van der Waals surface area contributed by atoms with E-state index in [1.807, 2.05) is 41.3 Å². The smallest absolute Gasteiger partial charge is 0.251 e. The lowest BCUT2D eigenvalue weighted by Crippen LogP contribution is -2.49. The van der Waals surface area contributed by atoms with Crippen molar-refractivity contribution in [3.8, 4) is 0 Å². The van der Waals surface area contributed by atoms with Crippen molar-refractivity contribution in [3.05, 3.63) is 69.4 Å². The molecule has 1 saturated heterocycles. The molecule has 0 bridgehead atoms. The Kier molecular flexibility index (Phi) is 8.78. The highest BCUT2D eigenvalue weighted by atomic mass is 35.5. The van der Waals surface area contributed by atoms with Gasteiger partial charge in [0, 0.05) is 42.2 Å². The third kappa shape index (κ3) is 6.41. The van der Waals surface area contributed by atoms with Crippen molar-refractivity contribution < 1.29 is 9.59 Å². The van der Waals surface area contributed by atoms with Gasteiger partial charge in [-0.15, -0.1) is 0 Å². The number of fused-ring (bicyclic) bond motifs is 1. The molecule has 1 unspecified atom stereocenters. The minimum absolute atomic E-state index is 0.00932. The van der Waals surface area contributed by atoms with Gasteiger partial charge in [-0.25, -0.2) is 0 Å². The zero-order chi connectivity index (χ0) is 24.8. The largest absolute Gasteiger partial charge is 0.350 e. The molecule has 3 atom stereocenters. The van der Waals surface area contributed by atoms with Gasteiger partial charge in [0.25, 0.3) is 5.91 Å². The summed E-state index contributed by atoms with van der Waals surface area (Å²) in [6.07, 6.45) is 2.32. The van der Waals surface area contributed by atoms with Crippen LogP contribution in [0, 0.1) is 0 Å². The first-order valence-electron chi connectivity index (χ1n) is 12.2. The fourth-order valence-corrected chi connectivity index (χ4v) is 5.64. The SMILES string of the molecule is CCC(CN1CC[C@@H](CNC(=O)c2ccc3cc(Cl)ccc3c2)N[C@@H](CCN)C1=O)c1ccsc1. The Morgan fingerprint density at radius 1 is 1.26 bits per heavy atom. The van der Waals surface area contributed by atoms with Crippen LogP contribution in [0.25, 0.3) is 10.8 Å². The second-order valence-electron chi connectivity index (χ2n) is 9.14. The molecule has 4 N–H and O–H groups in total. The molecule has 1 aliphatic rings. The van der Waals surface area contributed by atoms with Crippen LogP contribution in [0.2, 0.25) is 5.02 Å². The molecule has 6 nitrogen and oxygen atoms in total. The van der Waals surface area contributed by atoms with Crippen LogP contribution in [0.1, 0.15) is 48.0 Å². The number of benzene rings is 2. The second-order valence-corrected chi connectivity index (χ2v) is 10.4. The van der Waals surface area contributed by atoms with Crippen molar-refractivity contribution in [2.45, 2.75) is 44.2 Å². The maximum Gasteiger partial charge on any atom is 0.251 e. The Morgan fingerprint density at radius 3 is 2.80 bits per heavy atom. The third-order valence-corrected chi connectivity index (χ3v) is 7.71. The zero-order valence-corrected chi connectivity index (χ0v) is 21.6. The van der Waals surface area contributed by atoms with Gasteiger partial charge in [-0.05, 0) is 83.2 Å². The molecule has 1 aliphatic heterocycles. The van der Waals surface area contributed by atoms with E-state index in [1.165, 1.54) is 5.56 Å². The monoisotopic (exact) mass is 512 g/mol. The molecule has 2 heterocycles. The minimum Gasteiger partial charge on any atom is -0.350 e. The van der Waals surface area contributed by atoms with Gasteiger partial charge in [0.1, 0.15) is 0 Å². The van der Waals surface area contributed by atoms with E-state index in [1.54, 1.807) is 11.3 Å². The lowest BCUT2D eigenvalue weighted by molar-refractivity contribution is -0.133. The van der Waals surface area contributed by atoms with Gasteiger partial charge in [0.2, 0.25) is 5.91 Å². The summed E-state index contributed by atoms with van der Waals surface area (Å²) in [5.41, 5.74) is 7.73. The van der Waals surface area contributed by atoms with Crippen LogP contribution in [-0.4, -0.2) is 55.0 Å². The number of carbonyl (C=O) groups is 2. The van der Waals surface area contributed by atoms with Crippen LogP contribution in [0.3, 0.4) is 0 Å². The number of halogens is 1. The van der Waals surface area contributed by atoms with Gasteiger partial charge in [-0.2, -0.15) is 11.3 Å². The average Bonchev–Trinajstić information content (AvgIpc) is 3.36. The van der Waals surface area contributed by atoms with Crippen molar-refractivity contribution >= 4 is 45.5 Å². The maximum absolute atomic E-state index is 13.3. The Morgan fingerprint density at radius 2 is 2.06 bits per heavy atom. The summed E-state index contributed by atoms with van der Waals surface area (Å²) in [6.45, 7) is 4.40. The number of hydrogen-bond acceptors (Lipinski definition) is 5. The predicted octanol–water partition coefficient (Wildman–Crippen LogP) is 4.39. The van der Waals surface area contributed by atoms with E-state index in [0.717, 1.165) is 23.6 Å². The molecule has 1 fully saturated rings. The van der Waals surface area contributed by atoms with E-state index in [9.17, 15) is 9.59 Å². The van der Waals surface area contributed by atoms with Crippen molar-refractivity contribution in [3.63, 3.8) is 0 Å². The number of hydrogen-bond donors (Lipinski definition) is 3. The molecular formula is C27H33ClN4O2S. The van der Waals surface area contributed by atoms with Crippen LogP contribution in [-0.2, 0) is 4.79 Å². The molecule has 1 aromatic heterocycles. The highest BCUT2D eigenvalue weighted by Gasteiger charge is 2.31. The summed E-state index contributed by atoms with van der Waals surface area (Å²) >= 11 is 7.75. The molecule has 0 aliphatic carbocycles. The van der Waals surface area contributed by atoms with E-state index in [0.29, 0.717) is 49.1 Å². The molecule has 4 rings (SSSR count). The highest BCUT2D eigenvalue weighted by molar-refractivity contribution is 7.08. The summed E-state index contributed by atoms with van der Waals surface area (Å²) < 4.78 is 0. The molecule has 3 aromatic rings. The standard InChI is InChI=1S/C27H33ClN4O2S/c1-2-18(22-9-12-35-17-22)16-32-11-8-24(31-25(7-10-29)27(32)34)15-30-26(33)21-4-3-20-14-23(28)6-5-19(20)13-21/h3-6,9,12-14,17-18,24-25,31H,2,7-8,10-11,15-16,29H2,1H3,(H,30,33)/t18?,24-,25-/m0/s1. The fraction of sp³-hybridized carbons (Fsp3) is 0.407. The van der Waals surface area contributed by atoms with Gasteiger partial charge in [0.15, 0.2) is 0 Å². The van der Waals surface area contributed by atoms with Crippen LogP contribution in [0.5, 0.6) is 0 Å². The van der Waals surface area contributed by atoms with Crippen LogP contribution in [0.4, 0.5) is 0 Å². The van der Waals surface area contributed by atoms with Gasteiger partial charge >= 0.3 is 0 Å². The summed E-state index contributed by atoms with van der Waals surface area (Å²) in [7, 11) is 0.